The normalized spacial score (nSPS) is 15.9. The molecule has 0 saturated carbocycles. The van der Waals surface area contributed by atoms with Crippen molar-refractivity contribution in [2.45, 2.75) is 32.2 Å². The van der Waals surface area contributed by atoms with E-state index in [-0.39, 0.29) is 17.7 Å². The van der Waals surface area contributed by atoms with E-state index in [1.54, 1.807) is 31.4 Å². The van der Waals surface area contributed by atoms with Crippen LogP contribution in [0.5, 0.6) is 11.5 Å². The van der Waals surface area contributed by atoms with Crippen molar-refractivity contribution < 1.29 is 22.7 Å². The molecule has 2 rings (SSSR count). The third kappa shape index (κ3) is 6.90. The maximum absolute atomic E-state index is 12.2. The van der Waals surface area contributed by atoms with E-state index in [4.69, 9.17) is 9.47 Å². The van der Waals surface area contributed by atoms with Gasteiger partial charge in [-0.2, -0.15) is 0 Å². The number of rotatable bonds is 10. The first kappa shape index (κ1) is 23.0. The van der Waals surface area contributed by atoms with E-state index in [0.29, 0.717) is 50.5 Å². The lowest BCUT2D eigenvalue weighted by Crippen LogP contribution is -2.46. The molecule has 1 aromatic rings. The molecule has 1 heterocycles. The molecule has 8 heteroatoms. The number of carbonyl (C=O) groups excluding carboxylic acids is 1. The first-order chi connectivity index (χ1) is 13.9. The van der Waals surface area contributed by atoms with Crippen LogP contribution in [0.15, 0.2) is 36.9 Å². The predicted octanol–water partition coefficient (Wildman–Crippen LogP) is 2.59. The highest BCUT2D eigenvalue weighted by atomic mass is 32.2. The summed E-state index contributed by atoms with van der Waals surface area (Å²) in [6, 6.07) is 5.39. The number of piperidine rings is 1. The van der Waals surface area contributed by atoms with Crippen LogP contribution in [0.2, 0.25) is 0 Å². The highest BCUT2D eigenvalue weighted by Gasteiger charge is 2.27. The fourth-order valence-corrected chi connectivity index (χ4v) is 4.68. The number of nitrogens with zero attached hydrogens (tertiary/aromatic N) is 1. The Labute approximate surface area is 173 Å². The average molecular weight is 423 g/mol. The first-order valence-electron chi connectivity index (χ1n) is 9.77. The second-order valence-corrected chi connectivity index (χ2v) is 8.93. The quantitative estimate of drug-likeness (QED) is 0.463. The zero-order valence-electron chi connectivity index (χ0n) is 17.1. The van der Waals surface area contributed by atoms with Crippen LogP contribution in [0.4, 0.5) is 0 Å². The van der Waals surface area contributed by atoms with Crippen molar-refractivity contribution in [3.05, 3.63) is 42.5 Å². The van der Waals surface area contributed by atoms with Crippen molar-refractivity contribution in [3.8, 4) is 11.5 Å². The number of hydrogen-bond donors (Lipinski definition) is 1. The summed E-state index contributed by atoms with van der Waals surface area (Å²) in [6.07, 6.45) is 6.67. The molecule has 7 nitrogen and oxygen atoms in total. The molecule has 1 amide bonds. The standard InChI is InChI=1S/C21H30N2O5S/c1-4-14-28-19-8-6-17(16-20(19)27-3)7-9-21(24)22-18-10-12-23(13-11-18)29(25,26)15-5-2/h4,6-9,16,18H,1,5,10-15H2,2-3H3,(H,22,24). The number of carbonyl (C=O) groups is 1. The smallest absolute Gasteiger partial charge is 0.244 e. The Morgan fingerprint density at radius 2 is 2.03 bits per heavy atom. The van der Waals surface area contributed by atoms with Crippen molar-refractivity contribution in [3.63, 3.8) is 0 Å². The van der Waals surface area contributed by atoms with Crippen molar-refractivity contribution in [1.82, 2.24) is 9.62 Å². The van der Waals surface area contributed by atoms with Crippen LogP contribution < -0.4 is 14.8 Å². The van der Waals surface area contributed by atoms with Crippen LogP contribution in [-0.4, -0.2) is 57.2 Å². The van der Waals surface area contributed by atoms with Gasteiger partial charge in [-0.15, -0.1) is 0 Å². The zero-order chi connectivity index (χ0) is 21.3. The lowest BCUT2D eigenvalue weighted by atomic mass is 10.1. The van der Waals surface area contributed by atoms with Gasteiger partial charge in [0.2, 0.25) is 15.9 Å². The number of methoxy groups -OCH3 is 1. The Morgan fingerprint density at radius 1 is 1.31 bits per heavy atom. The number of nitrogens with one attached hydrogen (secondary N) is 1. The molecular weight excluding hydrogens is 392 g/mol. The predicted molar refractivity (Wildman–Crippen MR) is 115 cm³/mol. The summed E-state index contributed by atoms with van der Waals surface area (Å²) < 4.78 is 36.6. The second kappa shape index (κ2) is 11.0. The van der Waals surface area contributed by atoms with Gasteiger partial charge in [0.15, 0.2) is 11.5 Å². The monoisotopic (exact) mass is 422 g/mol. The van der Waals surface area contributed by atoms with Crippen molar-refractivity contribution in [1.29, 1.82) is 0 Å². The van der Waals surface area contributed by atoms with Gasteiger partial charge in [-0.05, 0) is 43.0 Å². The Morgan fingerprint density at radius 3 is 2.66 bits per heavy atom. The van der Waals surface area contributed by atoms with Gasteiger partial charge in [-0.25, -0.2) is 12.7 Å². The first-order valence-corrected chi connectivity index (χ1v) is 11.4. The van der Waals surface area contributed by atoms with Crippen molar-refractivity contribution >= 4 is 22.0 Å². The summed E-state index contributed by atoms with van der Waals surface area (Å²) in [4.78, 5) is 12.2. The zero-order valence-corrected chi connectivity index (χ0v) is 17.9. The summed E-state index contributed by atoms with van der Waals surface area (Å²) >= 11 is 0. The largest absolute Gasteiger partial charge is 0.493 e. The molecule has 0 unspecified atom stereocenters. The topological polar surface area (TPSA) is 84.9 Å². The van der Waals surface area contributed by atoms with Crippen LogP contribution in [0.3, 0.4) is 0 Å². The molecule has 0 bridgehead atoms. The van der Waals surface area contributed by atoms with Gasteiger partial charge in [0.05, 0.1) is 12.9 Å². The van der Waals surface area contributed by atoms with Gasteiger partial charge in [-0.1, -0.05) is 25.6 Å². The van der Waals surface area contributed by atoms with Crippen LogP contribution >= 0.6 is 0 Å². The molecule has 0 aliphatic carbocycles. The molecule has 160 valence electrons. The lowest BCUT2D eigenvalue weighted by Gasteiger charge is -2.31. The van der Waals surface area contributed by atoms with Gasteiger partial charge in [0.25, 0.3) is 0 Å². The number of benzene rings is 1. The van der Waals surface area contributed by atoms with Crippen molar-refractivity contribution in [2.24, 2.45) is 0 Å². The highest BCUT2D eigenvalue weighted by Crippen LogP contribution is 2.28. The van der Waals surface area contributed by atoms with Crippen LogP contribution in [0.25, 0.3) is 6.08 Å². The molecule has 1 aliphatic heterocycles. The molecular formula is C21H30N2O5S. The number of hydrogen-bond acceptors (Lipinski definition) is 5. The Kier molecular flexibility index (Phi) is 8.72. The maximum Gasteiger partial charge on any atom is 0.244 e. The van der Waals surface area contributed by atoms with Crippen LogP contribution in [-0.2, 0) is 14.8 Å². The van der Waals surface area contributed by atoms with E-state index < -0.39 is 10.0 Å². The fourth-order valence-electron chi connectivity index (χ4n) is 3.14. The second-order valence-electron chi connectivity index (χ2n) is 6.84. The number of sulfonamides is 1. The molecule has 29 heavy (non-hydrogen) atoms. The van der Waals surface area contributed by atoms with Gasteiger partial charge < -0.3 is 14.8 Å². The molecule has 1 aromatic carbocycles. The summed E-state index contributed by atoms with van der Waals surface area (Å²) in [5.41, 5.74) is 0.809. The van der Waals surface area contributed by atoms with Crippen LogP contribution in [0, 0.1) is 0 Å². The number of ether oxygens (including phenoxy) is 2. The molecule has 0 radical (unpaired) electrons. The SMILES string of the molecule is C=CCOc1ccc(C=CC(=O)NC2CCN(S(=O)(=O)CCC)CC2)cc1OC. The molecule has 0 aromatic heterocycles. The van der Waals surface area contributed by atoms with Crippen molar-refractivity contribution in [2.75, 3.05) is 32.6 Å². The molecule has 1 N–H and O–H groups in total. The lowest BCUT2D eigenvalue weighted by molar-refractivity contribution is -0.117. The third-order valence-corrected chi connectivity index (χ3v) is 6.70. The number of amides is 1. The van der Waals surface area contributed by atoms with E-state index >= 15 is 0 Å². The molecule has 0 atom stereocenters. The van der Waals surface area contributed by atoms with Gasteiger partial charge >= 0.3 is 0 Å². The maximum atomic E-state index is 12.2. The molecule has 1 aliphatic rings. The van der Waals surface area contributed by atoms with E-state index in [1.807, 2.05) is 13.0 Å². The molecule has 1 saturated heterocycles. The van der Waals surface area contributed by atoms with Gasteiger partial charge in [0.1, 0.15) is 6.61 Å². The minimum Gasteiger partial charge on any atom is -0.493 e. The van der Waals surface area contributed by atoms with E-state index in [9.17, 15) is 13.2 Å². The summed E-state index contributed by atoms with van der Waals surface area (Å²) in [5.74, 6) is 1.16. The minimum atomic E-state index is -3.17. The highest BCUT2D eigenvalue weighted by molar-refractivity contribution is 7.89. The van der Waals surface area contributed by atoms with E-state index in [1.165, 1.54) is 10.4 Å². The molecule has 1 fully saturated rings. The minimum absolute atomic E-state index is 0.0237. The summed E-state index contributed by atoms with van der Waals surface area (Å²) in [5, 5.41) is 2.95. The van der Waals surface area contributed by atoms with Crippen LogP contribution in [0.1, 0.15) is 31.7 Å². The Bertz CT molecular complexity index is 827. The third-order valence-electron chi connectivity index (χ3n) is 4.63. The van der Waals surface area contributed by atoms with E-state index in [0.717, 1.165) is 5.56 Å². The summed E-state index contributed by atoms with van der Waals surface area (Å²) in [7, 11) is -1.61. The molecule has 0 spiro atoms. The summed E-state index contributed by atoms with van der Waals surface area (Å²) in [6.45, 7) is 6.74. The van der Waals surface area contributed by atoms with Gasteiger partial charge in [0, 0.05) is 25.2 Å². The van der Waals surface area contributed by atoms with E-state index in [2.05, 4.69) is 11.9 Å². The Balaban J connectivity index is 1.88. The average Bonchev–Trinajstić information content (AvgIpc) is 2.71. The van der Waals surface area contributed by atoms with Gasteiger partial charge in [-0.3, -0.25) is 4.79 Å². The fraction of sp³-hybridized carbons (Fsp3) is 0.476. The Hall–Kier alpha value is -2.32.